The van der Waals surface area contributed by atoms with Crippen molar-refractivity contribution >= 4 is 33.1 Å². The molecular formula is C20H28BrN6O+. The van der Waals surface area contributed by atoms with Gasteiger partial charge in [-0.2, -0.15) is 5.10 Å². The van der Waals surface area contributed by atoms with E-state index < -0.39 is 0 Å². The van der Waals surface area contributed by atoms with Gasteiger partial charge in [0.1, 0.15) is 11.4 Å². The zero-order valence-electron chi connectivity index (χ0n) is 16.4. The minimum Gasteiger partial charge on any atom is -0.383 e. The topological polar surface area (TPSA) is 106 Å². The number of quaternary nitrogens is 1. The summed E-state index contributed by atoms with van der Waals surface area (Å²) in [7, 11) is 0. The lowest BCUT2D eigenvalue weighted by atomic mass is 10.0. The normalized spacial score (nSPS) is 19.9. The molecular weight excluding hydrogens is 420 g/mol. The van der Waals surface area contributed by atoms with E-state index in [0.717, 1.165) is 47.4 Å². The highest BCUT2D eigenvalue weighted by molar-refractivity contribution is 9.10. The van der Waals surface area contributed by atoms with E-state index in [2.05, 4.69) is 46.1 Å². The summed E-state index contributed by atoms with van der Waals surface area (Å²) >= 11 is 3.59. The maximum atomic E-state index is 9.05. The molecule has 0 amide bonds. The predicted molar refractivity (Wildman–Crippen MR) is 112 cm³/mol. The van der Waals surface area contributed by atoms with Crippen molar-refractivity contribution in [1.29, 1.82) is 5.41 Å². The Morgan fingerprint density at radius 1 is 1.36 bits per heavy atom. The molecule has 1 unspecified atom stereocenters. The first-order chi connectivity index (χ1) is 13.5. The molecule has 0 bridgehead atoms. The quantitative estimate of drug-likeness (QED) is 0.590. The zero-order valence-corrected chi connectivity index (χ0v) is 18.0. The Balaban J connectivity index is 1.79. The van der Waals surface area contributed by atoms with Gasteiger partial charge in [-0.1, -0.05) is 0 Å². The number of ether oxygens (including phenoxy) is 1. The number of aromatic nitrogens is 3. The molecule has 28 heavy (non-hydrogen) atoms. The van der Waals surface area contributed by atoms with Crippen LogP contribution < -0.4 is 11.1 Å². The van der Waals surface area contributed by atoms with Gasteiger partial charge in [-0.25, -0.2) is 9.67 Å². The molecule has 1 aliphatic carbocycles. The van der Waals surface area contributed by atoms with Crippen molar-refractivity contribution in [2.24, 2.45) is 0 Å². The standard InChI is InChI=1S/C20H27BrN6O/c1-11(2)25-19-13(21)10-24-20(23)17(19)18(22)15-9-14(12-6-7-12)26-27(15)16-5-3-4-8-28-16/h9-12,16,22H,3-8H2,1-2H3,(H3,23,24,25)/p+1. The number of anilines is 1. The van der Waals surface area contributed by atoms with E-state index in [9.17, 15) is 0 Å². The van der Waals surface area contributed by atoms with Crippen molar-refractivity contribution in [3.8, 4) is 0 Å². The van der Waals surface area contributed by atoms with Crippen molar-refractivity contribution in [1.82, 2.24) is 14.8 Å². The van der Waals surface area contributed by atoms with Crippen molar-refractivity contribution in [3.63, 3.8) is 0 Å². The second-order valence-electron chi connectivity index (χ2n) is 8.06. The van der Waals surface area contributed by atoms with Crippen molar-refractivity contribution in [2.45, 2.75) is 64.1 Å². The van der Waals surface area contributed by atoms with Gasteiger partial charge in [-0.15, -0.1) is 0 Å². The average molecular weight is 448 g/mol. The number of nitrogens with zero attached hydrogens (tertiary/aromatic N) is 3. The molecule has 1 saturated heterocycles. The maximum Gasteiger partial charge on any atom is 0.159 e. The van der Waals surface area contributed by atoms with E-state index in [-0.39, 0.29) is 6.23 Å². The van der Waals surface area contributed by atoms with Gasteiger partial charge < -0.3 is 15.8 Å². The average Bonchev–Trinajstić information content (AvgIpc) is 3.43. The molecule has 1 atom stereocenters. The molecule has 0 spiro atoms. The van der Waals surface area contributed by atoms with Gasteiger partial charge in [0.25, 0.3) is 0 Å². The Hall–Kier alpha value is -1.77. The molecule has 2 aliphatic rings. The predicted octanol–water partition coefficient (Wildman–Crippen LogP) is 3.22. The largest absolute Gasteiger partial charge is 0.383 e. The van der Waals surface area contributed by atoms with Crippen LogP contribution in [0.4, 0.5) is 11.5 Å². The summed E-state index contributed by atoms with van der Waals surface area (Å²) in [5.41, 5.74) is 10.0. The third-order valence-corrected chi connectivity index (χ3v) is 5.92. The number of pyridine rings is 1. The third kappa shape index (κ3) is 3.86. The van der Waals surface area contributed by atoms with Gasteiger partial charge in [-0.3, -0.25) is 5.41 Å². The van der Waals surface area contributed by atoms with Crippen LogP contribution in [0.1, 0.15) is 75.0 Å². The summed E-state index contributed by atoms with van der Waals surface area (Å²) in [6, 6.07) is 2.37. The van der Waals surface area contributed by atoms with Gasteiger partial charge in [0.2, 0.25) is 0 Å². The lowest BCUT2D eigenvalue weighted by Crippen LogP contribution is -2.83. The number of hydrogen-bond donors (Lipinski definition) is 3. The van der Waals surface area contributed by atoms with Crippen LogP contribution in [0.2, 0.25) is 0 Å². The summed E-state index contributed by atoms with van der Waals surface area (Å²) in [6.07, 6.45) is 7.04. The smallest absolute Gasteiger partial charge is 0.159 e. The van der Waals surface area contributed by atoms with Crippen LogP contribution in [0.5, 0.6) is 0 Å². The molecule has 5 N–H and O–H groups in total. The van der Waals surface area contributed by atoms with Gasteiger partial charge in [0.15, 0.2) is 11.9 Å². The Bertz CT molecular complexity index is 883. The fraction of sp³-hybridized carbons (Fsp3) is 0.550. The second kappa shape index (κ2) is 7.93. The van der Waals surface area contributed by atoms with Gasteiger partial charge in [0.05, 0.1) is 27.6 Å². The van der Waals surface area contributed by atoms with Crippen LogP contribution in [-0.2, 0) is 4.74 Å². The summed E-state index contributed by atoms with van der Waals surface area (Å²) in [5, 5.41) is 16.0. The van der Waals surface area contributed by atoms with E-state index in [1.807, 2.05) is 4.68 Å². The molecule has 150 valence electrons. The monoisotopic (exact) mass is 447 g/mol. The van der Waals surface area contributed by atoms with E-state index in [1.165, 1.54) is 12.8 Å². The molecule has 1 saturated carbocycles. The minimum absolute atomic E-state index is 0.115. The summed E-state index contributed by atoms with van der Waals surface area (Å²) < 4.78 is 8.75. The molecule has 3 heterocycles. The molecule has 1 aliphatic heterocycles. The van der Waals surface area contributed by atoms with Crippen molar-refractivity contribution in [3.05, 3.63) is 33.7 Å². The molecule has 7 nitrogen and oxygen atoms in total. The fourth-order valence-corrected chi connectivity index (χ4v) is 4.15. The lowest BCUT2D eigenvalue weighted by Gasteiger charge is -2.25. The van der Waals surface area contributed by atoms with Gasteiger partial charge in [-0.05, 0) is 67.9 Å². The molecule has 4 rings (SSSR count). The number of nitrogens with two attached hydrogens (primary N) is 2. The first kappa shape index (κ1) is 19.5. The van der Waals surface area contributed by atoms with E-state index >= 15 is 0 Å². The van der Waals surface area contributed by atoms with E-state index in [1.54, 1.807) is 6.20 Å². The number of nitrogen functional groups attached to an aromatic ring is 1. The highest BCUT2D eigenvalue weighted by atomic mass is 79.9. The Morgan fingerprint density at radius 3 is 2.79 bits per heavy atom. The van der Waals surface area contributed by atoms with Crippen LogP contribution in [-0.4, -0.2) is 33.1 Å². The molecule has 0 aromatic carbocycles. The number of rotatable bonds is 6. The molecule has 2 fully saturated rings. The zero-order chi connectivity index (χ0) is 19.8. The first-order valence-corrected chi connectivity index (χ1v) is 10.8. The maximum absolute atomic E-state index is 9.05. The van der Waals surface area contributed by atoms with Crippen LogP contribution in [0.15, 0.2) is 16.7 Å². The number of halogens is 1. The van der Waals surface area contributed by atoms with Crippen LogP contribution in [0.25, 0.3) is 0 Å². The highest BCUT2D eigenvalue weighted by Crippen LogP contribution is 2.41. The molecule has 2 aromatic rings. The first-order valence-electron chi connectivity index (χ1n) is 10.0. The number of nitrogens with one attached hydrogen (secondary N) is 1. The highest BCUT2D eigenvalue weighted by Gasteiger charge is 2.32. The van der Waals surface area contributed by atoms with Crippen molar-refractivity contribution < 1.29 is 10.1 Å². The van der Waals surface area contributed by atoms with E-state index in [4.69, 9.17) is 21.0 Å². The van der Waals surface area contributed by atoms with Crippen LogP contribution in [0, 0.1) is 5.41 Å². The molecule has 0 radical (unpaired) electrons. The minimum atomic E-state index is -0.115. The van der Waals surface area contributed by atoms with Crippen molar-refractivity contribution in [2.75, 3.05) is 12.3 Å². The summed E-state index contributed by atoms with van der Waals surface area (Å²) in [4.78, 5) is 4.30. The Labute approximate surface area is 173 Å². The SMILES string of the molecule is CC(C)[NH2+]c1c(Br)cnc(N)c1C(=N)c1cc(C2CC2)nn1C1CCCCO1. The Kier molecular flexibility index (Phi) is 5.53. The van der Waals surface area contributed by atoms with Crippen LogP contribution in [0.3, 0.4) is 0 Å². The van der Waals surface area contributed by atoms with Gasteiger partial charge >= 0.3 is 0 Å². The molecule has 2 aromatic heterocycles. The summed E-state index contributed by atoms with van der Waals surface area (Å²) in [5.74, 6) is 0.876. The van der Waals surface area contributed by atoms with E-state index in [0.29, 0.717) is 29.1 Å². The number of hydrogen-bond acceptors (Lipinski definition) is 5. The fourth-order valence-electron chi connectivity index (χ4n) is 3.72. The Morgan fingerprint density at radius 2 is 2.14 bits per heavy atom. The van der Waals surface area contributed by atoms with Gasteiger partial charge in [0, 0.05) is 18.7 Å². The molecule has 8 heteroatoms. The third-order valence-electron chi connectivity index (χ3n) is 5.28. The second-order valence-corrected chi connectivity index (χ2v) is 8.91. The lowest BCUT2D eigenvalue weighted by molar-refractivity contribution is -0.603. The summed E-state index contributed by atoms with van der Waals surface area (Å²) in [6.45, 7) is 4.96. The van der Waals surface area contributed by atoms with Crippen LogP contribution >= 0.6 is 15.9 Å².